The maximum Gasteiger partial charge on any atom is 0.128 e. The van der Waals surface area contributed by atoms with Gasteiger partial charge in [-0.05, 0) is 37.1 Å². The first-order valence-corrected chi connectivity index (χ1v) is 8.65. The number of hydrogen-bond acceptors (Lipinski definition) is 3. The maximum absolute atomic E-state index is 6.42. The second-order valence-electron chi connectivity index (χ2n) is 5.90. The van der Waals surface area contributed by atoms with Crippen molar-refractivity contribution < 1.29 is 9.15 Å². The Balaban J connectivity index is 0.00000169. The van der Waals surface area contributed by atoms with E-state index in [1.807, 2.05) is 31.2 Å². The summed E-state index contributed by atoms with van der Waals surface area (Å²) in [5.41, 5.74) is 1.17. The zero-order valence-electron chi connectivity index (χ0n) is 13.3. The van der Waals surface area contributed by atoms with Gasteiger partial charge in [0.25, 0.3) is 0 Å². The lowest BCUT2D eigenvalue weighted by Crippen LogP contribution is -2.14. The molecule has 1 aliphatic rings. The molecule has 1 N–H and O–H groups in total. The molecule has 0 radical (unpaired) electrons. The van der Waals surface area contributed by atoms with Crippen molar-refractivity contribution in [2.75, 3.05) is 6.54 Å². The molecule has 0 aliphatic carbocycles. The van der Waals surface area contributed by atoms with Gasteiger partial charge < -0.3 is 14.5 Å². The van der Waals surface area contributed by atoms with Crippen molar-refractivity contribution in [2.24, 2.45) is 0 Å². The number of nitrogens with one attached hydrogen (secondary N) is 1. The quantitative estimate of drug-likeness (QED) is 0.604. The normalized spacial score (nSPS) is 17.0. The second kappa shape index (κ2) is 7.18. The Hall–Kier alpha value is -1.49. The number of halogens is 2. The number of rotatable bonds is 2. The van der Waals surface area contributed by atoms with Gasteiger partial charge in [0.1, 0.15) is 23.4 Å². The van der Waals surface area contributed by atoms with Crippen LogP contribution in [-0.2, 0) is 6.54 Å². The molecule has 1 aliphatic heterocycles. The Kier molecular flexibility index (Phi) is 5.18. The second-order valence-corrected chi connectivity index (χ2v) is 6.75. The van der Waals surface area contributed by atoms with Crippen molar-refractivity contribution >= 4 is 39.1 Å². The highest BCUT2D eigenvalue weighted by molar-refractivity contribution is 9.10. The van der Waals surface area contributed by atoms with Gasteiger partial charge in [-0.3, -0.25) is 0 Å². The van der Waals surface area contributed by atoms with Crippen LogP contribution >= 0.6 is 28.3 Å². The first kappa shape index (κ1) is 17.3. The Morgan fingerprint density at radius 2 is 1.96 bits per heavy atom. The average Bonchev–Trinajstić information content (AvgIpc) is 2.84. The molecule has 3 aromatic rings. The number of fused-ring (bicyclic) bond motifs is 2. The number of hydrogen-bond donors (Lipinski definition) is 1. The van der Waals surface area contributed by atoms with E-state index in [-0.39, 0.29) is 18.5 Å². The third kappa shape index (κ3) is 3.18. The van der Waals surface area contributed by atoms with E-state index >= 15 is 0 Å². The summed E-state index contributed by atoms with van der Waals surface area (Å²) in [5, 5.41) is 5.69. The van der Waals surface area contributed by atoms with E-state index in [2.05, 4.69) is 39.4 Å². The highest BCUT2D eigenvalue weighted by atomic mass is 79.9. The average molecular weight is 409 g/mol. The Bertz CT molecular complexity index is 862. The molecule has 3 nitrogen and oxygen atoms in total. The number of benzene rings is 2. The summed E-state index contributed by atoms with van der Waals surface area (Å²) in [7, 11) is 0. The van der Waals surface area contributed by atoms with Crippen molar-refractivity contribution in [3.05, 3.63) is 64.0 Å². The third-order valence-corrected chi connectivity index (χ3v) is 4.97. The number of ether oxygens (including phenoxy) is 1. The third-order valence-electron chi connectivity index (χ3n) is 4.28. The molecule has 1 atom stereocenters. The molecule has 0 saturated heterocycles. The van der Waals surface area contributed by atoms with Crippen molar-refractivity contribution in [1.29, 1.82) is 0 Å². The van der Waals surface area contributed by atoms with E-state index in [0.29, 0.717) is 0 Å². The summed E-state index contributed by atoms with van der Waals surface area (Å²) in [4.78, 5) is 0. The van der Waals surface area contributed by atoms with Crippen LogP contribution in [0.15, 0.2) is 51.4 Å². The van der Waals surface area contributed by atoms with Gasteiger partial charge in [0.2, 0.25) is 0 Å². The minimum atomic E-state index is 0. The van der Waals surface area contributed by atoms with Crippen LogP contribution in [0.25, 0.3) is 10.8 Å². The van der Waals surface area contributed by atoms with Crippen molar-refractivity contribution in [1.82, 2.24) is 5.32 Å². The van der Waals surface area contributed by atoms with Crippen LogP contribution in [0.1, 0.15) is 29.6 Å². The molecule has 5 heteroatoms. The smallest absolute Gasteiger partial charge is 0.128 e. The fourth-order valence-electron chi connectivity index (χ4n) is 3.20. The lowest BCUT2D eigenvalue weighted by molar-refractivity contribution is 0.199. The highest BCUT2D eigenvalue weighted by Crippen LogP contribution is 2.36. The standard InChI is InChI=1S/C19H18BrNO2.ClH/c1-12-10-15-18(8-9-21-11-19(15)22-12)23-17-7-6-16(20)13-4-2-3-5-14(13)17;/h2-7,10,18,21H,8-9,11H2,1H3;1H. The summed E-state index contributed by atoms with van der Waals surface area (Å²) in [6.45, 7) is 3.67. The highest BCUT2D eigenvalue weighted by Gasteiger charge is 2.24. The number of aryl methyl sites for hydroxylation is 1. The van der Waals surface area contributed by atoms with E-state index < -0.39 is 0 Å². The Labute approximate surface area is 155 Å². The summed E-state index contributed by atoms with van der Waals surface area (Å²) >= 11 is 3.62. The van der Waals surface area contributed by atoms with E-state index in [1.165, 1.54) is 10.9 Å². The topological polar surface area (TPSA) is 34.4 Å². The van der Waals surface area contributed by atoms with Gasteiger partial charge in [-0.25, -0.2) is 0 Å². The molecule has 1 unspecified atom stereocenters. The van der Waals surface area contributed by atoms with Crippen molar-refractivity contribution in [3.63, 3.8) is 0 Å². The first-order valence-electron chi connectivity index (χ1n) is 7.86. The van der Waals surface area contributed by atoms with Crippen molar-refractivity contribution in [3.8, 4) is 5.75 Å². The van der Waals surface area contributed by atoms with E-state index in [4.69, 9.17) is 9.15 Å². The molecule has 24 heavy (non-hydrogen) atoms. The van der Waals surface area contributed by atoms with E-state index in [1.54, 1.807) is 0 Å². The summed E-state index contributed by atoms with van der Waals surface area (Å²) < 4.78 is 13.3. The van der Waals surface area contributed by atoms with Gasteiger partial charge in [0.05, 0.1) is 6.54 Å². The predicted octanol–water partition coefficient (Wildman–Crippen LogP) is 5.54. The Morgan fingerprint density at radius 1 is 1.17 bits per heavy atom. The minimum Gasteiger partial charge on any atom is -0.485 e. The lowest BCUT2D eigenvalue weighted by Gasteiger charge is -2.19. The van der Waals surface area contributed by atoms with Crippen molar-refractivity contribution in [2.45, 2.75) is 26.0 Å². The molecular weight excluding hydrogens is 390 g/mol. The summed E-state index contributed by atoms with van der Waals surface area (Å²) in [6.07, 6.45) is 0.943. The SMILES string of the molecule is Cc1cc2c(o1)CNCCC2Oc1ccc(Br)c2ccccc12.Cl. The Morgan fingerprint density at radius 3 is 2.79 bits per heavy atom. The van der Waals surface area contributed by atoms with Crippen LogP contribution in [-0.4, -0.2) is 6.54 Å². The van der Waals surface area contributed by atoms with Crippen LogP contribution in [0.3, 0.4) is 0 Å². The maximum atomic E-state index is 6.42. The molecule has 2 heterocycles. The fourth-order valence-corrected chi connectivity index (χ4v) is 3.67. The predicted molar refractivity (Wildman–Crippen MR) is 102 cm³/mol. The molecule has 4 rings (SSSR count). The first-order chi connectivity index (χ1) is 11.2. The van der Waals surface area contributed by atoms with E-state index in [0.717, 1.165) is 46.6 Å². The van der Waals surface area contributed by atoms with Gasteiger partial charge in [0.15, 0.2) is 0 Å². The summed E-state index contributed by atoms with van der Waals surface area (Å²) in [6, 6.07) is 14.5. The number of furan rings is 1. The van der Waals surface area contributed by atoms with Crippen LogP contribution in [0.2, 0.25) is 0 Å². The van der Waals surface area contributed by atoms with Gasteiger partial charge in [-0.2, -0.15) is 0 Å². The fraction of sp³-hybridized carbons (Fsp3) is 0.263. The zero-order valence-corrected chi connectivity index (χ0v) is 15.7. The van der Waals surface area contributed by atoms with Gasteiger partial charge in [0, 0.05) is 21.8 Å². The van der Waals surface area contributed by atoms with Gasteiger partial charge >= 0.3 is 0 Å². The van der Waals surface area contributed by atoms with Crippen LogP contribution in [0.5, 0.6) is 5.75 Å². The molecule has 0 fully saturated rings. The largest absolute Gasteiger partial charge is 0.485 e. The minimum absolute atomic E-state index is 0. The lowest BCUT2D eigenvalue weighted by atomic mass is 10.1. The van der Waals surface area contributed by atoms with Gasteiger partial charge in [-0.15, -0.1) is 12.4 Å². The molecular formula is C19H19BrClNO2. The van der Waals surface area contributed by atoms with Crippen LogP contribution in [0.4, 0.5) is 0 Å². The molecule has 0 spiro atoms. The van der Waals surface area contributed by atoms with Crippen LogP contribution in [0, 0.1) is 6.92 Å². The monoisotopic (exact) mass is 407 g/mol. The summed E-state index contributed by atoms with van der Waals surface area (Å²) in [5.74, 6) is 2.85. The van der Waals surface area contributed by atoms with E-state index in [9.17, 15) is 0 Å². The molecule has 126 valence electrons. The molecule has 0 saturated carbocycles. The molecule has 0 amide bonds. The van der Waals surface area contributed by atoms with Gasteiger partial charge in [-0.1, -0.05) is 40.2 Å². The molecule has 0 bridgehead atoms. The molecule has 1 aromatic heterocycles. The molecule has 2 aromatic carbocycles. The zero-order chi connectivity index (χ0) is 15.8. The van der Waals surface area contributed by atoms with Crippen LogP contribution < -0.4 is 10.1 Å².